The Labute approximate surface area is 112 Å². The van der Waals surface area contributed by atoms with E-state index in [-0.39, 0.29) is 5.84 Å². The average Bonchev–Trinajstić information content (AvgIpc) is 2.42. The van der Waals surface area contributed by atoms with Gasteiger partial charge in [-0.2, -0.15) is 11.8 Å². The van der Waals surface area contributed by atoms with Crippen molar-refractivity contribution in [1.82, 2.24) is 10.3 Å². The third-order valence-corrected chi connectivity index (χ3v) is 3.25. The van der Waals surface area contributed by atoms with E-state index in [2.05, 4.69) is 28.6 Å². The number of thioether (sulfide) groups is 1. The smallest absolute Gasteiger partial charge is 0.188 e. The molecule has 0 bridgehead atoms. The Balaban J connectivity index is 2.52. The number of aromatic nitrogens is 1. The van der Waals surface area contributed by atoms with E-state index < -0.39 is 0 Å². The molecule has 0 saturated carbocycles. The summed E-state index contributed by atoms with van der Waals surface area (Å²) in [5, 5.41) is 15.0. The van der Waals surface area contributed by atoms with E-state index in [1.165, 1.54) is 0 Å². The van der Waals surface area contributed by atoms with Gasteiger partial charge in [-0.3, -0.25) is 4.98 Å². The molecule has 1 aromatic rings. The summed E-state index contributed by atoms with van der Waals surface area (Å²) >= 11 is 1.85. The van der Waals surface area contributed by atoms with Crippen LogP contribution < -0.4 is 11.1 Å². The number of nitrogens with one attached hydrogen (secondary N) is 1. The Morgan fingerprint density at radius 1 is 1.67 bits per heavy atom. The zero-order chi connectivity index (χ0) is 13.4. The normalized spacial score (nSPS) is 13.6. The van der Waals surface area contributed by atoms with Gasteiger partial charge < -0.3 is 16.3 Å². The maximum absolute atomic E-state index is 8.60. The number of amidine groups is 1. The number of rotatable bonds is 7. The lowest BCUT2D eigenvalue weighted by Gasteiger charge is -2.13. The van der Waals surface area contributed by atoms with Crippen LogP contribution in [0.1, 0.15) is 24.6 Å². The molecule has 0 fully saturated rings. The second kappa shape index (κ2) is 7.94. The molecule has 0 saturated heterocycles. The van der Waals surface area contributed by atoms with Crippen LogP contribution in [0, 0.1) is 0 Å². The van der Waals surface area contributed by atoms with Crippen LogP contribution in [0.3, 0.4) is 0 Å². The van der Waals surface area contributed by atoms with Gasteiger partial charge in [-0.1, -0.05) is 5.16 Å². The van der Waals surface area contributed by atoms with Gasteiger partial charge in [-0.15, -0.1) is 0 Å². The number of pyridine rings is 1. The molecule has 1 aromatic heterocycles. The van der Waals surface area contributed by atoms with Crippen LogP contribution in [0.25, 0.3) is 0 Å². The highest BCUT2D eigenvalue weighted by atomic mass is 32.2. The molecule has 1 heterocycles. The summed E-state index contributed by atoms with van der Waals surface area (Å²) in [4.78, 5) is 4.04. The van der Waals surface area contributed by atoms with Gasteiger partial charge in [0, 0.05) is 18.8 Å². The SMILES string of the molecule is CSCCC(C)NCc1ccnc(/C(N)=N/O)c1. The molecular formula is C12H20N4OS. The molecule has 1 atom stereocenters. The topological polar surface area (TPSA) is 83.5 Å². The zero-order valence-electron chi connectivity index (χ0n) is 10.8. The minimum absolute atomic E-state index is 0.0345. The summed E-state index contributed by atoms with van der Waals surface area (Å²) in [6.45, 7) is 2.92. The Morgan fingerprint density at radius 3 is 3.11 bits per heavy atom. The largest absolute Gasteiger partial charge is 0.409 e. The highest BCUT2D eigenvalue weighted by Gasteiger charge is 2.04. The summed E-state index contributed by atoms with van der Waals surface area (Å²) in [5.74, 6) is 1.19. The summed E-state index contributed by atoms with van der Waals surface area (Å²) in [6, 6.07) is 4.21. The molecule has 6 heteroatoms. The van der Waals surface area contributed by atoms with Crippen LogP contribution in [0.15, 0.2) is 23.5 Å². The Hall–Kier alpha value is -1.27. The minimum Gasteiger partial charge on any atom is -0.409 e. The summed E-state index contributed by atoms with van der Waals surface area (Å²) in [6.07, 6.45) is 4.91. The van der Waals surface area contributed by atoms with Gasteiger partial charge in [0.05, 0.1) is 0 Å². The molecule has 0 aromatic carbocycles. The first-order valence-electron chi connectivity index (χ1n) is 5.82. The molecule has 0 radical (unpaired) electrons. The van der Waals surface area contributed by atoms with Gasteiger partial charge in [-0.05, 0) is 43.0 Å². The fourth-order valence-corrected chi connectivity index (χ4v) is 2.05. The van der Waals surface area contributed by atoms with Gasteiger partial charge in [0.2, 0.25) is 0 Å². The molecule has 0 amide bonds. The third-order valence-electron chi connectivity index (χ3n) is 2.60. The molecular weight excluding hydrogens is 248 g/mol. The van der Waals surface area contributed by atoms with Gasteiger partial charge in [0.15, 0.2) is 5.84 Å². The first-order valence-corrected chi connectivity index (χ1v) is 7.22. The number of hydrogen-bond donors (Lipinski definition) is 3. The van der Waals surface area contributed by atoms with Crippen molar-refractivity contribution in [2.24, 2.45) is 10.9 Å². The highest BCUT2D eigenvalue weighted by Crippen LogP contribution is 2.04. The predicted molar refractivity (Wildman–Crippen MR) is 76.0 cm³/mol. The van der Waals surface area contributed by atoms with E-state index >= 15 is 0 Å². The second-order valence-corrected chi connectivity index (χ2v) is 5.08. The van der Waals surface area contributed by atoms with Crippen molar-refractivity contribution in [3.63, 3.8) is 0 Å². The number of nitrogens with zero attached hydrogens (tertiary/aromatic N) is 2. The number of nitrogens with two attached hydrogens (primary N) is 1. The Bertz CT molecular complexity index is 397. The minimum atomic E-state index is 0.0345. The fourth-order valence-electron chi connectivity index (χ4n) is 1.46. The van der Waals surface area contributed by atoms with Crippen molar-refractivity contribution < 1.29 is 5.21 Å². The quantitative estimate of drug-likeness (QED) is 0.301. The molecule has 100 valence electrons. The maximum atomic E-state index is 8.60. The van der Waals surface area contributed by atoms with Crippen molar-refractivity contribution in [2.75, 3.05) is 12.0 Å². The first-order chi connectivity index (χ1) is 8.67. The van der Waals surface area contributed by atoms with Crippen molar-refractivity contribution in [1.29, 1.82) is 0 Å². The molecule has 18 heavy (non-hydrogen) atoms. The highest BCUT2D eigenvalue weighted by molar-refractivity contribution is 7.98. The maximum Gasteiger partial charge on any atom is 0.188 e. The van der Waals surface area contributed by atoms with Crippen LogP contribution in [0.2, 0.25) is 0 Å². The lowest BCUT2D eigenvalue weighted by atomic mass is 10.2. The number of hydrogen-bond acceptors (Lipinski definition) is 5. The Kier molecular flexibility index (Phi) is 6.53. The van der Waals surface area contributed by atoms with Crippen LogP contribution in [0.5, 0.6) is 0 Å². The first kappa shape index (κ1) is 14.8. The fraction of sp³-hybridized carbons (Fsp3) is 0.500. The van der Waals surface area contributed by atoms with Crippen LogP contribution in [-0.4, -0.2) is 34.1 Å². The predicted octanol–water partition coefficient (Wildman–Crippen LogP) is 1.41. The van der Waals surface area contributed by atoms with E-state index in [1.807, 2.05) is 23.9 Å². The van der Waals surface area contributed by atoms with Gasteiger partial charge in [-0.25, -0.2) is 0 Å². The Morgan fingerprint density at radius 2 is 2.44 bits per heavy atom. The zero-order valence-corrected chi connectivity index (χ0v) is 11.6. The summed E-state index contributed by atoms with van der Waals surface area (Å²) in [7, 11) is 0. The van der Waals surface area contributed by atoms with Gasteiger partial charge in [0.1, 0.15) is 5.69 Å². The lowest BCUT2D eigenvalue weighted by molar-refractivity contribution is 0.318. The molecule has 1 rings (SSSR count). The van der Waals surface area contributed by atoms with Crippen molar-refractivity contribution in [2.45, 2.75) is 25.9 Å². The van der Waals surface area contributed by atoms with E-state index in [0.29, 0.717) is 11.7 Å². The van der Waals surface area contributed by atoms with Gasteiger partial charge >= 0.3 is 0 Å². The van der Waals surface area contributed by atoms with Crippen molar-refractivity contribution in [3.05, 3.63) is 29.6 Å². The van der Waals surface area contributed by atoms with Crippen molar-refractivity contribution >= 4 is 17.6 Å². The van der Waals surface area contributed by atoms with Crippen LogP contribution in [-0.2, 0) is 6.54 Å². The standard InChI is InChI=1S/C12H20N4OS/c1-9(4-6-18-2)15-8-10-3-5-14-11(7-10)12(13)16-17/h3,5,7,9,15,17H,4,6,8H2,1-2H3,(H2,13,16). The summed E-state index contributed by atoms with van der Waals surface area (Å²) in [5.41, 5.74) is 7.07. The molecule has 1 unspecified atom stereocenters. The molecule has 0 aliphatic heterocycles. The molecule has 5 nitrogen and oxygen atoms in total. The molecule has 4 N–H and O–H groups in total. The van der Waals surface area contributed by atoms with E-state index in [9.17, 15) is 0 Å². The van der Waals surface area contributed by atoms with Gasteiger partial charge in [0.25, 0.3) is 0 Å². The second-order valence-electron chi connectivity index (χ2n) is 4.10. The van der Waals surface area contributed by atoms with Crippen LogP contribution in [0.4, 0.5) is 0 Å². The van der Waals surface area contributed by atoms with E-state index in [4.69, 9.17) is 10.9 Å². The monoisotopic (exact) mass is 268 g/mol. The van der Waals surface area contributed by atoms with Crippen LogP contribution >= 0.6 is 11.8 Å². The molecule has 0 aliphatic carbocycles. The molecule has 0 spiro atoms. The lowest BCUT2D eigenvalue weighted by Crippen LogP contribution is -2.26. The third kappa shape index (κ3) is 4.93. The van der Waals surface area contributed by atoms with E-state index in [1.54, 1.807) is 6.20 Å². The molecule has 0 aliphatic rings. The van der Waals surface area contributed by atoms with Crippen molar-refractivity contribution in [3.8, 4) is 0 Å². The average molecular weight is 268 g/mol. The number of oxime groups is 1. The van der Waals surface area contributed by atoms with E-state index in [0.717, 1.165) is 24.3 Å². The summed E-state index contributed by atoms with van der Waals surface area (Å²) < 4.78 is 0.